The van der Waals surface area contributed by atoms with Crippen molar-refractivity contribution in [3.05, 3.63) is 50.9 Å². The van der Waals surface area contributed by atoms with Crippen LogP contribution in [0.5, 0.6) is 0 Å². The Bertz CT molecular complexity index is 1260. The van der Waals surface area contributed by atoms with Gasteiger partial charge in [-0.25, -0.2) is 9.37 Å². The van der Waals surface area contributed by atoms with E-state index < -0.39 is 5.82 Å². The lowest BCUT2D eigenvalue weighted by Gasteiger charge is -2.18. The molecule has 2 aliphatic rings. The largest absolute Gasteiger partial charge is 0.353 e. The van der Waals surface area contributed by atoms with Crippen LogP contribution in [-0.4, -0.2) is 27.3 Å². The molecule has 180 valence electrons. The van der Waals surface area contributed by atoms with Crippen LogP contribution >= 0.6 is 23.1 Å². The molecule has 1 unspecified atom stereocenters. The standard InChI is InChI=1S/C26H30FN3O2S2/c1-16-12-13-18-21(14-16)34-24-23(18)25(32)30(20-11-7-6-10-19(20)27)26(29-24)33-15-22(31)28-17-8-4-2-3-5-9-17/h6-7,10-11,16-17H,2-5,8-9,12-15H2,1H3,(H,28,31). The average Bonchev–Trinajstić information content (AvgIpc) is 2.97. The Balaban J connectivity index is 1.50. The van der Waals surface area contributed by atoms with E-state index >= 15 is 0 Å². The van der Waals surface area contributed by atoms with Gasteiger partial charge in [0.05, 0.1) is 16.8 Å². The number of nitrogens with zero attached hydrogens (tertiary/aromatic N) is 2. The van der Waals surface area contributed by atoms with E-state index in [4.69, 9.17) is 4.98 Å². The average molecular weight is 500 g/mol. The summed E-state index contributed by atoms with van der Waals surface area (Å²) in [6.07, 6.45) is 9.60. The SMILES string of the molecule is CC1CCc2c(sc3nc(SCC(=O)NC4CCCCCC4)n(-c4ccccc4F)c(=O)c23)C1. The first kappa shape index (κ1) is 23.5. The van der Waals surface area contributed by atoms with E-state index in [-0.39, 0.29) is 28.9 Å². The number of aromatic nitrogens is 2. The first-order valence-electron chi connectivity index (χ1n) is 12.3. The molecule has 1 saturated carbocycles. The van der Waals surface area contributed by atoms with Crippen molar-refractivity contribution in [2.45, 2.75) is 75.9 Å². The molecule has 0 saturated heterocycles. The van der Waals surface area contributed by atoms with Crippen LogP contribution in [0.3, 0.4) is 0 Å². The predicted octanol–water partition coefficient (Wildman–Crippen LogP) is 5.64. The lowest BCUT2D eigenvalue weighted by Crippen LogP contribution is -2.35. The molecule has 0 bridgehead atoms. The Labute approximate surface area is 207 Å². The van der Waals surface area contributed by atoms with Gasteiger partial charge in [0.25, 0.3) is 5.56 Å². The minimum absolute atomic E-state index is 0.0642. The van der Waals surface area contributed by atoms with Crippen LogP contribution in [0.15, 0.2) is 34.2 Å². The van der Waals surface area contributed by atoms with Gasteiger partial charge in [-0.1, -0.05) is 56.5 Å². The zero-order valence-electron chi connectivity index (χ0n) is 19.4. The normalized spacial score (nSPS) is 19.1. The summed E-state index contributed by atoms with van der Waals surface area (Å²) in [5.41, 5.74) is 1.01. The molecule has 5 rings (SSSR count). The fraction of sp³-hybridized carbons (Fsp3) is 0.500. The number of rotatable bonds is 5. The Morgan fingerprint density at radius 2 is 1.97 bits per heavy atom. The molecule has 8 heteroatoms. The highest BCUT2D eigenvalue weighted by molar-refractivity contribution is 7.99. The number of halogens is 1. The molecular formula is C26H30FN3O2S2. The van der Waals surface area contributed by atoms with Crippen molar-refractivity contribution in [2.24, 2.45) is 5.92 Å². The minimum Gasteiger partial charge on any atom is -0.353 e. The lowest BCUT2D eigenvalue weighted by atomic mass is 9.89. The van der Waals surface area contributed by atoms with E-state index in [1.54, 1.807) is 29.5 Å². The zero-order chi connectivity index (χ0) is 23.7. The number of hydrogen-bond donors (Lipinski definition) is 1. The topological polar surface area (TPSA) is 64.0 Å². The summed E-state index contributed by atoms with van der Waals surface area (Å²) in [6, 6.07) is 6.49. The number of hydrogen-bond acceptors (Lipinski definition) is 5. The second-order valence-electron chi connectivity index (χ2n) is 9.56. The highest BCUT2D eigenvalue weighted by Gasteiger charge is 2.26. The molecule has 2 aromatic heterocycles. The van der Waals surface area contributed by atoms with Crippen molar-refractivity contribution in [2.75, 3.05) is 5.75 Å². The zero-order valence-corrected chi connectivity index (χ0v) is 21.1. The second-order valence-corrected chi connectivity index (χ2v) is 11.6. The quantitative estimate of drug-likeness (QED) is 0.280. The van der Waals surface area contributed by atoms with Gasteiger partial charge in [-0.2, -0.15) is 0 Å². The number of carbonyl (C=O) groups is 1. The number of thiophene rings is 1. The molecule has 0 spiro atoms. The highest BCUT2D eigenvalue weighted by atomic mass is 32.2. The summed E-state index contributed by atoms with van der Waals surface area (Å²) in [4.78, 5) is 33.2. The first-order valence-corrected chi connectivity index (χ1v) is 14.1. The number of fused-ring (bicyclic) bond motifs is 3. The summed E-state index contributed by atoms with van der Waals surface area (Å²) in [6.45, 7) is 2.23. The van der Waals surface area contributed by atoms with Crippen LogP contribution in [0.2, 0.25) is 0 Å². The minimum atomic E-state index is -0.478. The van der Waals surface area contributed by atoms with Gasteiger partial charge in [0.1, 0.15) is 10.6 Å². The molecule has 5 nitrogen and oxygen atoms in total. The fourth-order valence-corrected chi connectivity index (χ4v) is 7.38. The van der Waals surface area contributed by atoms with Gasteiger partial charge in [0.2, 0.25) is 5.91 Å². The maximum absolute atomic E-state index is 14.8. The van der Waals surface area contributed by atoms with Crippen LogP contribution in [0.1, 0.15) is 62.3 Å². The van der Waals surface area contributed by atoms with E-state index in [9.17, 15) is 14.0 Å². The number of carbonyl (C=O) groups excluding carboxylic acids is 1. The number of amides is 1. The van der Waals surface area contributed by atoms with Crippen molar-refractivity contribution < 1.29 is 9.18 Å². The number of para-hydroxylation sites is 1. The number of aryl methyl sites for hydroxylation is 1. The maximum Gasteiger partial charge on any atom is 0.267 e. The predicted molar refractivity (Wildman–Crippen MR) is 137 cm³/mol. The molecule has 1 amide bonds. The van der Waals surface area contributed by atoms with Gasteiger partial charge in [-0.05, 0) is 55.7 Å². The Morgan fingerprint density at radius 1 is 1.21 bits per heavy atom. The molecule has 1 aromatic carbocycles. The van der Waals surface area contributed by atoms with E-state index in [0.29, 0.717) is 21.3 Å². The molecule has 1 fully saturated rings. The van der Waals surface area contributed by atoms with Crippen LogP contribution in [-0.2, 0) is 17.6 Å². The Morgan fingerprint density at radius 3 is 2.74 bits per heavy atom. The van der Waals surface area contributed by atoms with E-state index in [1.165, 1.54) is 40.1 Å². The molecule has 0 radical (unpaired) electrons. The third-order valence-corrected chi connectivity index (χ3v) is 9.03. The van der Waals surface area contributed by atoms with Crippen molar-refractivity contribution in [3.63, 3.8) is 0 Å². The molecule has 0 aliphatic heterocycles. The third kappa shape index (κ3) is 4.80. The Hall–Kier alpha value is -2.19. The van der Waals surface area contributed by atoms with Crippen LogP contribution in [0, 0.1) is 11.7 Å². The monoisotopic (exact) mass is 499 g/mol. The lowest BCUT2D eigenvalue weighted by molar-refractivity contribution is -0.119. The summed E-state index contributed by atoms with van der Waals surface area (Å²) >= 11 is 2.78. The summed E-state index contributed by atoms with van der Waals surface area (Å²) in [5, 5.41) is 4.13. The van der Waals surface area contributed by atoms with Gasteiger partial charge in [0, 0.05) is 10.9 Å². The van der Waals surface area contributed by atoms with Gasteiger partial charge < -0.3 is 5.32 Å². The van der Waals surface area contributed by atoms with Gasteiger partial charge in [-0.15, -0.1) is 11.3 Å². The summed E-state index contributed by atoms with van der Waals surface area (Å²) in [5.74, 6) is 0.181. The third-order valence-electron chi connectivity index (χ3n) is 6.94. The molecule has 2 aliphatic carbocycles. The van der Waals surface area contributed by atoms with Crippen molar-refractivity contribution in [3.8, 4) is 5.69 Å². The summed E-state index contributed by atoms with van der Waals surface area (Å²) < 4.78 is 16.2. The smallest absolute Gasteiger partial charge is 0.267 e. The molecular weight excluding hydrogens is 469 g/mol. The van der Waals surface area contributed by atoms with E-state index in [2.05, 4.69) is 12.2 Å². The van der Waals surface area contributed by atoms with E-state index in [0.717, 1.165) is 50.5 Å². The van der Waals surface area contributed by atoms with Crippen LogP contribution < -0.4 is 10.9 Å². The summed E-state index contributed by atoms with van der Waals surface area (Å²) in [7, 11) is 0. The molecule has 2 heterocycles. The van der Waals surface area contributed by atoms with Crippen LogP contribution in [0.25, 0.3) is 15.9 Å². The van der Waals surface area contributed by atoms with Crippen molar-refractivity contribution in [1.82, 2.24) is 14.9 Å². The highest BCUT2D eigenvalue weighted by Crippen LogP contribution is 2.37. The van der Waals surface area contributed by atoms with E-state index in [1.807, 2.05) is 0 Å². The van der Waals surface area contributed by atoms with Crippen molar-refractivity contribution in [1.29, 1.82) is 0 Å². The fourth-order valence-electron chi connectivity index (χ4n) is 5.14. The maximum atomic E-state index is 14.8. The molecule has 3 aromatic rings. The number of benzene rings is 1. The molecule has 1 N–H and O–H groups in total. The number of nitrogens with one attached hydrogen (secondary N) is 1. The van der Waals surface area contributed by atoms with Gasteiger partial charge >= 0.3 is 0 Å². The van der Waals surface area contributed by atoms with Crippen LogP contribution in [0.4, 0.5) is 4.39 Å². The molecule has 1 atom stereocenters. The molecule has 34 heavy (non-hydrogen) atoms. The van der Waals surface area contributed by atoms with Gasteiger partial charge in [0.15, 0.2) is 5.16 Å². The van der Waals surface area contributed by atoms with Gasteiger partial charge in [-0.3, -0.25) is 14.2 Å². The second kappa shape index (κ2) is 10.2. The van der Waals surface area contributed by atoms with Crippen molar-refractivity contribution >= 4 is 39.2 Å². The number of thioether (sulfide) groups is 1. The first-order chi connectivity index (χ1) is 16.5. The Kier molecular flexibility index (Phi) is 7.06.